The van der Waals surface area contributed by atoms with Crippen molar-refractivity contribution >= 4 is 5.91 Å². The molecule has 4 nitrogen and oxygen atoms in total. The number of piperidine rings is 1. The van der Waals surface area contributed by atoms with Crippen LogP contribution in [-0.4, -0.2) is 61.5 Å². The number of carbonyl (C=O) groups is 1. The van der Waals surface area contributed by atoms with E-state index in [4.69, 9.17) is 0 Å². The summed E-state index contributed by atoms with van der Waals surface area (Å²) < 4.78 is 0. The van der Waals surface area contributed by atoms with E-state index < -0.39 is 0 Å². The summed E-state index contributed by atoms with van der Waals surface area (Å²) in [6, 6.07) is 0.541. The lowest BCUT2D eigenvalue weighted by atomic mass is 9.98. The predicted molar refractivity (Wildman–Crippen MR) is 78.1 cm³/mol. The lowest BCUT2D eigenvalue weighted by Gasteiger charge is -2.33. The third-order valence-corrected chi connectivity index (χ3v) is 4.31. The Bertz CT molecular complexity index is 291. The van der Waals surface area contributed by atoms with Gasteiger partial charge in [-0.15, -0.1) is 0 Å². The summed E-state index contributed by atoms with van der Waals surface area (Å²) in [6.45, 7) is 7.22. The molecule has 0 radical (unpaired) electrons. The average Bonchev–Trinajstić information content (AvgIpc) is 3.23. The Morgan fingerprint density at radius 3 is 2.84 bits per heavy atom. The second-order valence-electron chi connectivity index (χ2n) is 6.18. The maximum Gasteiger partial charge on any atom is 0.236 e. The van der Waals surface area contributed by atoms with E-state index in [1.165, 1.54) is 32.1 Å². The first-order valence-electron chi connectivity index (χ1n) is 7.89. The van der Waals surface area contributed by atoms with Crippen LogP contribution >= 0.6 is 0 Å². The summed E-state index contributed by atoms with van der Waals surface area (Å²) in [5.41, 5.74) is 0. The number of nitrogens with zero attached hydrogens (tertiary/aromatic N) is 2. The van der Waals surface area contributed by atoms with Crippen molar-refractivity contribution in [2.24, 2.45) is 5.92 Å². The zero-order valence-electron chi connectivity index (χ0n) is 12.5. The SMILES string of the molecule is CCCNCC1CCCN(CC(=O)N(C)C2CC2)C1. The van der Waals surface area contributed by atoms with Gasteiger partial charge >= 0.3 is 0 Å². The quantitative estimate of drug-likeness (QED) is 0.707. The van der Waals surface area contributed by atoms with Crippen molar-refractivity contribution in [1.82, 2.24) is 15.1 Å². The van der Waals surface area contributed by atoms with Gasteiger partial charge in [0.2, 0.25) is 5.91 Å². The van der Waals surface area contributed by atoms with Crippen LogP contribution < -0.4 is 5.32 Å². The molecule has 1 aliphatic carbocycles. The lowest BCUT2D eigenvalue weighted by Crippen LogP contribution is -2.45. The van der Waals surface area contributed by atoms with Crippen molar-refractivity contribution in [3.05, 3.63) is 0 Å². The standard InChI is InChI=1S/C15H29N3O/c1-3-8-16-10-13-5-4-9-18(11-13)12-15(19)17(2)14-6-7-14/h13-14,16H,3-12H2,1-2H3. The number of carbonyl (C=O) groups excluding carboxylic acids is 1. The van der Waals surface area contributed by atoms with Crippen LogP contribution in [0.3, 0.4) is 0 Å². The number of nitrogens with one attached hydrogen (secondary N) is 1. The molecule has 110 valence electrons. The number of likely N-dealkylation sites (tertiary alicyclic amines) is 1. The highest BCUT2D eigenvalue weighted by Gasteiger charge is 2.31. The van der Waals surface area contributed by atoms with Gasteiger partial charge in [0, 0.05) is 19.6 Å². The third-order valence-electron chi connectivity index (χ3n) is 4.31. The van der Waals surface area contributed by atoms with Crippen LogP contribution in [0.4, 0.5) is 0 Å². The van der Waals surface area contributed by atoms with Crippen molar-refractivity contribution in [3.63, 3.8) is 0 Å². The molecule has 1 unspecified atom stereocenters. The molecule has 1 saturated carbocycles. The van der Waals surface area contributed by atoms with Crippen molar-refractivity contribution < 1.29 is 4.79 Å². The molecule has 0 bridgehead atoms. The fourth-order valence-corrected chi connectivity index (χ4v) is 2.91. The molecule has 2 fully saturated rings. The molecular weight excluding hydrogens is 238 g/mol. The molecule has 1 N–H and O–H groups in total. The van der Waals surface area contributed by atoms with Crippen molar-refractivity contribution in [3.8, 4) is 0 Å². The van der Waals surface area contributed by atoms with Crippen LogP contribution in [0.15, 0.2) is 0 Å². The summed E-state index contributed by atoms with van der Waals surface area (Å²) >= 11 is 0. The predicted octanol–water partition coefficient (Wildman–Crippen LogP) is 1.32. The van der Waals surface area contributed by atoms with Gasteiger partial charge in [-0.3, -0.25) is 9.69 Å². The zero-order chi connectivity index (χ0) is 13.7. The highest BCUT2D eigenvalue weighted by Crippen LogP contribution is 2.25. The maximum absolute atomic E-state index is 12.1. The molecule has 1 atom stereocenters. The molecule has 0 spiro atoms. The lowest BCUT2D eigenvalue weighted by molar-refractivity contribution is -0.132. The number of hydrogen-bond donors (Lipinski definition) is 1. The minimum Gasteiger partial charge on any atom is -0.342 e. The van der Waals surface area contributed by atoms with E-state index in [-0.39, 0.29) is 0 Å². The second kappa shape index (κ2) is 7.25. The molecule has 2 aliphatic rings. The van der Waals surface area contributed by atoms with Gasteiger partial charge in [-0.2, -0.15) is 0 Å². The van der Waals surface area contributed by atoms with E-state index in [1.807, 2.05) is 11.9 Å². The van der Waals surface area contributed by atoms with E-state index in [0.29, 0.717) is 18.5 Å². The van der Waals surface area contributed by atoms with Crippen LogP contribution in [0.2, 0.25) is 0 Å². The average molecular weight is 267 g/mol. The Kier molecular flexibility index (Phi) is 5.64. The summed E-state index contributed by atoms with van der Waals surface area (Å²) in [7, 11) is 1.96. The molecule has 2 rings (SSSR count). The van der Waals surface area contributed by atoms with Gasteiger partial charge in [-0.1, -0.05) is 6.92 Å². The number of rotatable bonds is 7. The van der Waals surface area contributed by atoms with Crippen molar-refractivity contribution in [2.75, 3.05) is 39.8 Å². The van der Waals surface area contributed by atoms with Crippen molar-refractivity contribution in [1.29, 1.82) is 0 Å². The first-order chi connectivity index (χ1) is 9.20. The fourth-order valence-electron chi connectivity index (χ4n) is 2.91. The first kappa shape index (κ1) is 14.8. The Morgan fingerprint density at radius 1 is 1.37 bits per heavy atom. The highest BCUT2D eigenvalue weighted by atomic mass is 16.2. The van der Waals surface area contributed by atoms with Crippen LogP contribution in [0, 0.1) is 5.92 Å². The molecule has 4 heteroatoms. The van der Waals surface area contributed by atoms with Gasteiger partial charge < -0.3 is 10.2 Å². The first-order valence-corrected chi connectivity index (χ1v) is 7.89. The minimum atomic E-state index is 0.310. The van der Waals surface area contributed by atoms with Crippen LogP contribution in [0.1, 0.15) is 39.0 Å². The van der Waals surface area contributed by atoms with Gasteiger partial charge in [0.05, 0.1) is 6.54 Å². The molecule has 1 heterocycles. The van der Waals surface area contributed by atoms with E-state index >= 15 is 0 Å². The Balaban J connectivity index is 1.69. The van der Waals surface area contributed by atoms with Gasteiger partial charge in [-0.25, -0.2) is 0 Å². The van der Waals surface area contributed by atoms with Gasteiger partial charge in [-0.05, 0) is 57.7 Å². The largest absolute Gasteiger partial charge is 0.342 e. The molecule has 0 aromatic rings. The fraction of sp³-hybridized carbons (Fsp3) is 0.933. The Morgan fingerprint density at radius 2 is 2.16 bits per heavy atom. The van der Waals surface area contributed by atoms with E-state index in [2.05, 4.69) is 17.1 Å². The topological polar surface area (TPSA) is 35.6 Å². The minimum absolute atomic E-state index is 0.310. The van der Waals surface area contributed by atoms with Crippen LogP contribution in [0.25, 0.3) is 0 Å². The molecular formula is C15H29N3O. The van der Waals surface area contributed by atoms with E-state index in [9.17, 15) is 4.79 Å². The summed E-state index contributed by atoms with van der Waals surface area (Å²) in [4.78, 5) is 16.4. The van der Waals surface area contributed by atoms with Crippen LogP contribution in [0.5, 0.6) is 0 Å². The summed E-state index contributed by atoms with van der Waals surface area (Å²) in [6.07, 6.45) is 6.14. The van der Waals surface area contributed by atoms with Gasteiger partial charge in [0.15, 0.2) is 0 Å². The molecule has 0 aromatic carbocycles. The normalized spacial score (nSPS) is 24.4. The smallest absolute Gasteiger partial charge is 0.236 e. The molecule has 1 saturated heterocycles. The second-order valence-corrected chi connectivity index (χ2v) is 6.18. The van der Waals surface area contributed by atoms with E-state index in [0.717, 1.165) is 32.1 Å². The summed E-state index contributed by atoms with van der Waals surface area (Å²) in [5.74, 6) is 1.03. The van der Waals surface area contributed by atoms with Gasteiger partial charge in [0.1, 0.15) is 0 Å². The molecule has 1 amide bonds. The number of likely N-dealkylation sites (N-methyl/N-ethyl adjacent to an activating group) is 1. The zero-order valence-corrected chi connectivity index (χ0v) is 12.5. The number of amides is 1. The monoisotopic (exact) mass is 267 g/mol. The van der Waals surface area contributed by atoms with Gasteiger partial charge in [0.25, 0.3) is 0 Å². The van der Waals surface area contributed by atoms with Crippen molar-refractivity contribution in [2.45, 2.75) is 45.1 Å². The Labute approximate surface area is 117 Å². The summed E-state index contributed by atoms with van der Waals surface area (Å²) in [5, 5.41) is 3.51. The van der Waals surface area contributed by atoms with E-state index in [1.54, 1.807) is 0 Å². The molecule has 1 aliphatic heterocycles. The van der Waals surface area contributed by atoms with Crippen LogP contribution in [-0.2, 0) is 4.79 Å². The molecule has 19 heavy (non-hydrogen) atoms. The number of hydrogen-bond acceptors (Lipinski definition) is 3. The Hall–Kier alpha value is -0.610. The maximum atomic E-state index is 12.1. The third kappa shape index (κ3) is 4.77. The molecule has 0 aromatic heterocycles. The highest BCUT2D eigenvalue weighted by molar-refractivity contribution is 5.78.